The Kier molecular flexibility index (Phi) is 3.86. The van der Waals surface area contributed by atoms with Crippen molar-refractivity contribution in [2.24, 2.45) is 5.41 Å². The molecule has 3 aliphatic rings. The molecule has 6 heteroatoms. The molecule has 0 atom stereocenters. The van der Waals surface area contributed by atoms with Crippen LogP contribution < -0.4 is 0 Å². The molecule has 110 valence electrons. The minimum Gasteiger partial charge on any atom is -0.379 e. The van der Waals surface area contributed by atoms with Gasteiger partial charge in [0.15, 0.2) is 0 Å². The van der Waals surface area contributed by atoms with Crippen molar-refractivity contribution in [3.63, 3.8) is 0 Å². The van der Waals surface area contributed by atoms with Gasteiger partial charge < -0.3 is 4.74 Å². The Balaban J connectivity index is 1.69. The molecule has 0 aromatic carbocycles. The van der Waals surface area contributed by atoms with Crippen molar-refractivity contribution >= 4 is 10.2 Å². The first-order chi connectivity index (χ1) is 9.12. The van der Waals surface area contributed by atoms with E-state index in [9.17, 15) is 8.42 Å². The summed E-state index contributed by atoms with van der Waals surface area (Å²) in [5.74, 6) is 0. The first kappa shape index (κ1) is 13.8. The van der Waals surface area contributed by atoms with E-state index < -0.39 is 10.2 Å². The fraction of sp³-hybridized carbons (Fsp3) is 1.00. The SMILES string of the molecule is O=S(=O)(N1CCOCC1)N1CCC2(CCCCC2)C1. The number of nitrogens with zero attached hydrogens (tertiary/aromatic N) is 2. The van der Waals surface area contributed by atoms with Crippen LogP contribution in [-0.4, -0.2) is 56.4 Å². The van der Waals surface area contributed by atoms with Crippen LogP contribution >= 0.6 is 0 Å². The maximum absolute atomic E-state index is 12.6. The molecule has 1 spiro atoms. The average Bonchev–Trinajstić information content (AvgIpc) is 2.85. The van der Waals surface area contributed by atoms with Crippen molar-refractivity contribution in [3.05, 3.63) is 0 Å². The zero-order chi connectivity index (χ0) is 13.3. The maximum Gasteiger partial charge on any atom is 0.282 e. The summed E-state index contributed by atoms with van der Waals surface area (Å²) in [5.41, 5.74) is 0.289. The molecule has 1 saturated carbocycles. The van der Waals surface area contributed by atoms with Crippen LogP contribution in [-0.2, 0) is 14.9 Å². The summed E-state index contributed by atoms with van der Waals surface area (Å²) in [6.45, 7) is 3.51. The van der Waals surface area contributed by atoms with Gasteiger partial charge in [0.25, 0.3) is 10.2 Å². The number of hydrogen-bond donors (Lipinski definition) is 0. The molecule has 0 bridgehead atoms. The van der Waals surface area contributed by atoms with Gasteiger partial charge in [0, 0.05) is 26.2 Å². The normalized spacial score (nSPS) is 29.9. The topological polar surface area (TPSA) is 49.9 Å². The van der Waals surface area contributed by atoms with Crippen LogP contribution in [0.15, 0.2) is 0 Å². The summed E-state index contributed by atoms with van der Waals surface area (Å²) in [4.78, 5) is 0. The van der Waals surface area contributed by atoms with Crippen molar-refractivity contribution in [2.45, 2.75) is 38.5 Å². The lowest BCUT2D eigenvalue weighted by Crippen LogP contribution is -2.48. The van der Waals surface area contributed by atoms with Gasteiger partial charge in [0.2, 0.25) is 0 Å². The van der Waals surface area contributed by atoms with Gasteiger partial charge in [0.05, 0.1) is 13.2 Å². The van der Waals surface area contributed by atoms with Crippen LogP contribution in [0.3, 0.4) is 0 Å². The Morgan fingerprint density at radius 2 is 1.53 bits per heavy atom. The van der Waals surface area contributed by atoms with Crippen molar-refractivity contribution in [3.8, 4) is 0 Å². The van der Waals surface area contributed by atoms with E-state index in [1.54, 1.807) is 8.61 Å². The monoisotopic (exact) mass is 288 g/mol. The standard InChI is InChI=1S/C13H24N2O3S/c16-19(17,14-8-10-18-11-9-14)15-7-6-13(12-15)4-2-1-3-5-13/h1-12H2. The number of ether oxygens (including phenoxy) is 1. The van der Waals surface area contributed by atoms with Crippen LogP contribution in [0, 0.1) is 5.41 Å². The molecule has 2 saturated heterocycles. The molecular formula is C13H24N2O3S. The van der Waals surface area contributed by atoms with E-state index in [1.165, 1.54) is 32.1 Å². The van der Waals surface area contributed by atoms with E-state index in [1.807, 2.05) is 0 Å². The van der Waals surface area contributed by atoms with Crippen LogP contribution in [0.2, 0.25) is 0 Å². The van der Waals surface area contributed by atoms with Gasteiger partial charge in [-0.25, -0.2) is 0 Å². The molecule has 5 nitrogen and oxygen atoms in total. The molecule has 0 amide bonds. The second kappa shape index (κ2) is 5.31. The van der Waals surface area contributed by atoms with Crippen LogP contribution in [0.25, 0.3) is 0 Å². The van der Waals surface area contributed by atoms with Crippen molar-refractivity contribution in [1.29, 1.82) is 0 Å². The van der Waals surface area contributed by atoms with E-state index in [2.05, 4.69) is 0 Å². The quantitative estimate of drug-likeness (QED) is 0.767. The van der Waals surface area contributed by atoms with Gasteiger partial charge in [-0.05, 0) is 24.7 Å². The van der Waals surface area contributed by atoms with Gasteiger partial charge in [-0.15, -0.1) is 0 Å². The third-order valence-electron chi connectivity index (χ3n) is 4.94. The lowest BCUT2D eigenvalue weighted by atomic mass is 9.74. The fourth-order valence-corrected chi connectivity index (χ4v) is 5.44. The Morgan fingerprint density at radius 1 is 0.842 bits per heavy atom. The zero-order valence-electron chi connectivity index (χ0n) is 11.5. The first-order valence-electron chi connectivity index (χ1n) is 7.45. The molecule has 3 rings (SSSR count). The highest BCUT2D eigenvalue weighted by molar-refractivity contribution is 7.86. The maximum atomic E-state index is 12.6. The third-order valence-corrected chi connectivity index (χ3v) is 6.92. The summed E-state index contributed by atoms with van der Waals surface area (Å²) in [6.07, 6.45) is 7.33. The van der Waals surface area contributed by atoms with Crippen LogP contribution in [0.1, 0.15) is 38.5 Å². The summed E-state index contributed by atoms with van der Waals surface area (Å²) < 4.78 is 33.8. The van der Waals surface area contributed by atoms with Crippen molar-refractivity contribution < 1.29 is 13.2 Å². The lowest BCUT2D eigenvalue weighted by Gasteiger charge is -2.34. The number of rotatable bonds is 2. The Hall–Kier alpha value is -0.170. The highest BCUT2D eigenvalue weighted by atomic mass is 32.2. The minimum atomic E-state index is -3.25. The Labute approximate surface area is 116 Å². The van der Waals surface area contributed by atoms with Crippen molar-refractivity contribution in [1.82, 2.24) is 8.61 Å². The Bertz CT molecular complexity index is 412. The van der Waals surface area contributed by atoms with Gasteiger partial charge >= 0.3 is 0 Å². The summed E-state index contributed by atoms with van der Waals surface area (Å²) in [5, 5.41) is 0. The van der Waals surface area contributed by atoms with Gasteiger partial charge in [0.1, 0.15) is 0 Å². The lowest BCUT2D eigenvalue weighted by molar-refractivity contribution is 0.0702. The molecule has 19 heavy (non-hydrogen) atoms. The molecule has 0 aromatic rings. The number of hydrogen-bond acceptors (Lipinski definition) is 3. The summed E-state index contributed by atoms with van der Waals surface area (Å²) >= 11 is 0. The summed E-state index contributed by atoms with van der Waals surface area (Å²) in [7, 11) is -3.25. The van der Waals surface area contributed by atoms with Crippen LogP contribution in [0.4, 0.5) is 0 Å². The summed E-state index contributed by atoms with van der Waals surface area (Å²) in [6, 6.07) is 0. The molecule has 0 N–H and O–H groups in total. The molecule has 2 aliphatic heterocycles. The van der Waals surface area contributed by atoms with E-state index in [4.69, 9.17) is 4.74 Å². The minimum absolute atomic E-state index is 0.289. The highest BCUT2D eigenvalue weighted by Gasteiger charge is 2.44. The largest absolute Gasteiger partial charge is 0.379 e. The van der Waals surface area contributed by atoms with E-state index in [0.29, 0.717) is 32.8 Å². The van der Waals surface area contributed by atoms with Gasteiger partial charge in [-0.3, -0.25) is 0 Å². The zero-order valence-corrected chi connectivity index (χ0v) is 12.3. The van der Waals surface area contributed by atoms with Crippen LogP contribution in [0.5, 0.6) is 0 Å². The number of morpholine rings is 1. The molecule has 1 aliphatic carbocycles. The molecule has 2 heterocycles. The van der Waals surface area contributed by atoms with Gasteiger partial charge in [-0.2, -0.15) is 17.0 Å². The van der Waals surface area contributed by atoms with E-state index in [-0.39, 0.29) is 5.41 Å². The molecule has 0 radical (unpaired) electrons. The molecule has 0 aromatic heterocycles. The van der Waals surface area contributed by atoms with Crippen molar-refractivity contribution in [2.75, 3.05) is 39.4 Å². The van der Waals surface area contributed by atoms with E-state index in [0.717, 1.165) is 13.0 Å². The van der Waals surface area contributed by atoms with Gasteiger partial charge in [-0.1, -0.05) is 19.3 Å². The predicted octanol–water partition coefficient (Wildman–Crippen LogP) is 1.22. The second-order valence-corrected chi connectivity index (χ2v) is 8.09. The highest BCUT2D eigenvalue weighted by Crippen LogP contribution is 2.44. The van der Waals surface area contributed by atoms with E-state index >= 15 is 0 Å². The second-order valence-electron chi connectivity index (χ2n) is 6.16. The third kappa shape index (κ3) is 2.68. The predicted molar refractivity (Wildman–Crippen MR) is 73.0 cm³/mol. The fourth-order valence-electron chi connectivity index (χ4n) is 3.74. The Morgan fingerprint density at radius 3 is 2.21 bits per heavy atom. The average molecular weight is 288 g/mol. The first-order valence-corrected chi connectivity index (χ1v) is 8.85. The smallest absolute Gasteiger partial charge is 0.282 e. The molecule has 3 fully saturated rings. The molecular weight excluding hydrogens is 264 g/mol. The molecule has 0 unspecified atom stereocenters.